The van der Waals surface area contributed by atoms with E-state index in [0.717, 1.165) is 38.6 Å². The van der Waals surface area contributed by atoms with Crippen molar-refractivity contribution in [2.75, 3.05) is 6.61 Å². The van der Waals surface area contributed by atoms with Crippen LogP contribution >= 0.6 is 11.8 Å². The average Bonchev–Trinajstić information content (AvgIpc) is 3.31. The normalized spacial score (nSPS) is 11.1. The van der Waals surface area contributed by atoms with Gasteiger partial charge >= 0.3 is 5.97 Å². The van der Waals surface area contributed by atoms with Gasteiger partial charge in [0.05, 0.1) is 29.9 Å². The van der Waals surface area contributed by atoms with Gasteiger partial charge in [0.25, 0.3) is 0 Å². The van der Waals surface area contributed by atoms with Crippen molar-refractivity contribution in [1.29, 1.82) is 0 Å². The van der Waals surface area contributed by atoms with E-state index in [9.17, 15) is 4.79 Å². The SMILES string of the molecule is CCOC(=O)c1c(CSc2nnc(-c3ccncc3)n2Cc2ccccc2)nc2ccccc2c1C. The van der Waals surface area contributed by atoms with Crippen molar-refractivity contribution < 1.29 is 9.53 Å². The zero-order valence-electron chi connectivity index (χ0n) is 20.1. The molecule has 8 heteroatoms. The van der Waals surface area contributed by atoms with Crippen molar-refractivity contribution in [2.24, 2.45) is 0 Å². The molecule has 0 spiro atoms. The number of aromatic nitrogens is 5. The Morgan fingerprint density at radius 1 is 0.972 bits per heavy atom. The first-order valence-corrected chi connectivity index (χ1v) is 12.7. The smallest absolute Gasteiger partial charge is 0.340 e. The summed E-state index contributed by atoms with van der Waals surface area (Å²) in [6, 6.07) is 21.9. The van der Waals surface area contributed by atoms with Gasteiger partial charge in [0.15, 0.2) is 11.0 Å². The van der Waals surface area contributed by atoms with Gasteiger partial charge in [-0.05, 0) is 43.2 Å². The highest BCUT2D eigenvalue weighted by atomic mass is 32.2. The molecule has 0 N–H and O–H groups in total. The second-order valence-electron chi connectivity index (χ2n) is 8.20. The number of hydrogen-bond acceptors (Lipinski definition) is 7. The first-order chi connectivity index (χ1) is 17.7. The number of esters is 1. The lowest BCUT2D eigenvalue weighted by Gasteiger charge is -2.14. The molecule has 0 aliphatic heterocycles. The van der Waals surface area contributed by atoms with Crippen LogP contribution in [0.2, 0.25) is 0 Å². The number of nitrogens with zero attached hydrogens (tertiary/aromatic N) is 5. The third-order valence-corrected chi connectivity index (χ3v) is 6.86. The van der Waals surface area contributed by atoms with Crippen molar-refractivity contribution in [3.8, 4) is 11.4 Å². The van der Waals surface area contributed by atoms with Crippen molar-refractivity contribution in [3.63, 3.8) is 0 Å². The van der Waals surface area contributed by atoms with Crippen LogP contribution in [0.5, 0.6) is 0 Å². The lowest BCUT2D eigenvalue weighted by atomic mass is 10.0. The minimum absolute atomic E-state index is 0.304. The summed E-state index contributed by atoms with van der Waals surface area (Å²) in [6.07, 6.45) is 3.49. The van der Waals surface area contributed by atoms with Gasteiger partial charge in [-0.2, -0.15) is 0 Å². The Kier molecular flexibility index (Phi) is 7.04. The Balaban J connectivity index is 1.53. The number of pyridine rings is 2. The highest BCUT2D eigenvalue weighted by molar-refractivity contribution is 7.98. The van der Waals surface area contributed by atoms with Crippen LogP contribution < -0.4 is 0 Å². The topological polar surface area (TPSA) is 82.8 Å². The van der Waals surface area contributed by atoms with Crippen LogP contribution in [0.4, 0.5) is 0 Å². The number of ether oxygens (including phenoxy) is 1. The van der Waals surface area contributed by atoms with Gasteiger partial charge in [0.2, 0.25) is 0 Å². The summed E-state index contributed by atoms with van der Waals surface area (Å²) in [7, 11) is 0. The van der Waals surface area contributed by atoms with Crippen molar-refractivity contribution in [2.45, 2.75) is 31.3 Å². The molecule has 0 aliphatic carbocycles. The fourth-order valence-corrected chi connectivity index (χ4v) is 5.05. The number of carbonyl (C=O) groups excluding carboxylic acids is 1. The van der Waals surface area contributed by atoms with Crippen LogP contribution in [-0.4, -0.2) is 37.3 Å². The van der Waals surface area contributed by atoms with Gasteiger partial charge in [0, 0.05) is 29.1 Å². The van der Waals surface area contributed by atoms with Crippen LogP contribution in [0.1, 0.15) is 34.1 Å². The maximum atomic E-state index is 12.9. The molecule has 3 aromatic heterocycles. The Bertz CT molecular complexity index is 1500. The second-order valence-corrected chi connectivity index (χ2v) is 9.14. The van der Waals surface area contributed by atoms with E-state index in [-0.39, 0.29) is 5.97 Å². The molecule has 5 aromatic rings. The Labute approximate surface area is 213 Å². The molecule has 36 heavy (non-hydrogen) atoms. The molecule has 0 amide bonds. The maximum absolute atomic E-state index is 12.9. The van der Waals surface area contributed by atoms with Gasteiger partial charge in [-0.3, -0.25) is 14.5 Å². The summed E-state index contributed by atoms with van der Waals surface area (Å²) in [6.45, 7) is 4.67. The van der Waals surface area contributed by atoms with E-state index in [2.05, 4.69) is 31.9 Å². The van der Waals surface area contributed by atoms with Gasteiger partial charge in [-0.15, -0.1) is 10.2 Å². The summed E-state index contributed by atoms with van der Waals surface area (Å²) in [5, 5.41) is 10.7. The molecule has 0 saturated heterocycles. The van der Waals surface area contributed by atoms with Gasteiger partial charge in [-0.25, -0.2) is 4.79 Å². The number of carbonyl (C=O) groups is 1. The van der Waals surface area contributed by atoms with E-state index in [1.54, 1.807) is 12.4 Å². The molecule has 0 fully saturated rings. The van der Waals surface area contributed by atoms with E-state index >= 15 is 0 Å². The van der Waals surface area contributed by atoms with E-state index in [0.29, 0.717) is 30.2 Å². The molecule has 0 aliphatic rings. The third kappa shape index (κ3) is 4.85. The summed E-state index contributed by atoms with van der Waals surface area (Å²) < 4.78 is 7.48. The van der Waals surface area contributed by atoms with E-state index in [1.807, 2.05) is 68.4 Å². The highest BCUT2D eigenvalue weighted by Crippen LogP contribution is 2.30. The van der Waals surface area contributed by atoms with Gasteiger partial charge in [0.1, 0.15) is 0 Å². The highest BCUT2D eigenvalue weighted by Gasteiger charge is 2.22. The summed E-state index contributed by atoms with van der Waals surface area (Å²) in [5.41, 5.74) is 4.99. The second kappa shape index (κ2) is 10.7. The zero-order valence-corrected chi connectivity index (χ0v) is 20.9. The molecule has 0 saturated carbocycles. The van der Waals surface area contributed by atoms with Gasteiger partial charge < -0.3 is 4.74 Å². The minimum Gasteiger partial charge on any atom is -0.462 e. The Morgan fingerprint density at radius 3 is 2.50 bits per heavy atom. The molecule has 7 nitrogen and oxygen atoms in total. The lowest BCUT2D eigenvalue weighted by molar-refractivity contribution is 0.0524. The van der Waals surface area contributed by atoms with Crippen LogP contribution in [0.25, 0.3) is 22.3 Å². The molecular weight excluding hydrogens is 470 g/mol. The molecule has 3 heterocycles. The van der Waals surface area contributed by atoms with Crippen molar-refractivity contribution in [3.05, 3.63) is 102 Å². The molecule has 2 aromatic carbocycles. The minimum atomic E-state index is -0.355. The van der Waals surface area contributed by atoms with E-state index < -0.39 is 0 Å². The van der Waals surface area contributed by atoms with E-state index in [4.69, 9.17) is 9.72 Å². The molecule has 0 unspecified atom stereocenters. The van der Waals surface area contributed by atoms with Crippen LogP contribution in [-0.2, 0) is 17.0 Å². The monoisotopic (exact) mass is 495 g/mol. The fraction of sp³-hybridized carbons (Fsp3) is 0.179. The molecule has 0 bridgehead atoms. The molecule has 180 valence electrons. The molecule has 0 atom stereocenters. The first-order valence-electron chi connectivity index (χ1n) is 11.7. The van der Waals surface area contributed by atoms with E-state index in [1.165, 1.54) is 11.8 Å². The number of rotatable bonds is 8. The number of thioether (sulfide) groups is 1. The molecule has 0 radical (unpaired) electrons. The predicted molar refractivity (Wildman–Crippen MR) is 141 cm³/mol. The maximum Gasteiger partial charge on any atom is 0.340 e. The standard InChI is InChI=1S/C28H25N5O2S/c1-3-35-27(34)25-19(2)22-11-7-8-12-23(22)30-24(25)18-36-28-32-31-26(21-13-15-29-16-14-21)33(28)17-20-9-5-4-6-10-20/h4-16H,3,17-18H2,1-2H3. The molecular formula is C28H25N5O2S. The van der Waals surface area contributed by atoms with Crippen LogP contribution in [0.3, 0.4) is 0 Å². The summed E-state index contributed by atoms with van der Waals surface area (Å²) in [4.78, 5) is 21.9. The number of benzene rings is 2. The average molecular weight is 496 g/mol. The number of hydrogen-bond donors (Lipinski definition) is 0. The Hall–Kier alpha value is -4.04. The van der Waals surface area contributed by atoms with Crippen molar-refractivity contribution >= 4 is 28.6 Å². The fourth-order valence-electron chi connectivity index (χ4n) is 4.17. The summed E-state index contributed by atoms with van der Waals surface area (Å²) >= 11 is 1.51. The third-order valence-electron chi connectivity index (χ3n) is 5.88. The largest absolute Gasteiger partial charge is 0.462 e. The Morgan fingerprint density at radius 2 is 1.72 bits per heavy atom. The number of para-hydroxylation sites is 1. The zero-order chi connectivity index (χ0) is 24.9. The van der Waals surface area contributed by atoms with Crippen LogP contribution in [0.15, 0.2) is 84.3 Å². The first kappa shape index (κ1) is 23.7. The quantitative estimate of drug-likeness (QED) is 0.201. The number of aryl methyl sites for hydroxylation is 1. The predicted octanol–water partition coefficient (Wildman–Crippen LogP) is 5.71. The number of fused-ring (bicyclic) bond motifs is 1. The summed E-state index contributed by atoms with van der Waals surface area (Å²) in [5.74, 6) is 0.854. The van der Waals surface area contributed by atoms with Gasteiger partial charge in [-0.1, -0.05) is 60.3 Å². The molecule has 5 rings (SSSR count). The lowest BCUT2D eigenvalue weighted by Crippen LogP contribution is -2.12. The van der Waals surface area contributed by atoms with Crippen LogP contribution in [0, 0.1) is 6.92 Å². The van der Waals surface area contributed by atoms with Crippen molar-refractivity contribution in [1.82, 2.24) is 24.7 Å².